The van der Waals surface area contributed by atoms with E-state index in [1.165, 1.54) is 6.21 Å². The smallest absolute Gasteiger partial charge is 0.411 e. The van der Waals surface area contributed by atoms with E-state index in [1.807, 2.05) is 0 Å². The number of halogens is 1. The third-order valence-electron chi connectivity index (χ3n) is 2.14. The Labute approximate surface area is 89.0 Å². The number of oxime groups is 1. The number of oxazole rings is 1. The number of nitrogens with zero attached hydrogens (tertiary/aromatic N) is 1. The highest BCUT2D eigenvalue weighted by molar-refractivity contribution is 6.36. The second-order valence-electron chi connectivity index (χ2n) is 3.04. The third kappa shape index (κ3) is 1.50. The first-order valence-corrected chi connectivity index (χ1v) is 4.50. The standard InChI is InChI=1S/C9H7ClN2O3/c1-4-5(3-11-14)2-6-8(7(4)10)12-9(13)15-6/h2-3,14H,1H3,(H,12,13). The fourth-order valence-electron chi connectivity index (χ4n) is 1.36. The summed E-state index contributed by atoms with van der Waals surface area (Å²) in [6.45, 7) is 1.75. The van der Waals surface area contributed by atoms with Gasteiger partial charge < -0.3 is 9.62 Å². The van der Waals surface area contributed by atoms with Crippen LogP contribution in [0.4, 0.5) is 0 Å². The van der Waals surface area contributed by atoms with Crippen LogP contribution in [0.1, 0.15) is 11.1 Å². The van der Waals surface area contributed by atoms with Gasteiger partial charge >= 0.3 is 5.76 Å². The van der Waals surface area contributed by atoms with Gasteiger partial charge in [0.2, 0.25) is 0 Å². The number of nitrogens with one attached hydrogen (secondary N) is 1. The molecule has 0 aliphatic rings. The summed E-state index contributed by atoms with van der Waals surface area (Å²) in [7, 11) is 0. The van der Waals surface area contributed by atoms with E-state index in [2.05, 4.69) is 10.1 Å². The number of aromatic amines is 1. The Kier molecular flexibility index (Phi) is 2.24. The van der Waals surface area contributed by atoms with Gasteiger partial charge in [0, 0.05) is 5.56 Å². The van der Waals surface area contributed by atoms with Crippen molar-refractivity contribution in [3.05, 3.63) is 32.8 Å². The van der Waals surface area contributed by atoms with Crippen molar-refractivity contribution in [1.29, 1.82) is 0 Å². The van der Waals surface area contributed by atoms with Crippen molar-refractivity contribution in [2.75, 3.05) is 0 Å². The lowest BCUT2D eigenvalue weighted by Crippen LogP contribution is -1.93. The van der Waals surface area contributed by atoms with E-state index in [0.29, 0.717) is 27.2 Å². The second kappa shape index (κ2) is 3.43. The van der Waals surface area contributed by atoms with E-state index in [1.54, 1.807) is 13.0 Å². The third-order valence-corrected chi connectivity index (χ3v) is 2.61. The van der Waals surface area contributed by atoms with Crippen molar-refractivity contribution in [3.8, 4) is 0 Å². The van der Waals surface area contributed by atoms with Crippen LogP contribution in [0, 0.1) is 6.92 Å². The molecule has 78 valence electrons. The first-order chi connectivity index (χ1) is 7.13. The fourth-order valence-corrected chi connectivity index (χ4v) is 1.61. The first-order valence-electron chi connectivity index (χ1n) is 4.13. The summed E-state index contributed by atoms with van der Waals surface area (Å²) in [4.78, 5) is 13.4. The zero-order valence-corrected chi connectivity index (χ0v) is 8.50. The molecular weight excluding hydrogens is 220 g/mol. The molecule has 0 aliphatic carbocycles. The molecule has 6 heteroatoms. The molecule has 15 heavy (non-hydrogen) atoms. The average molecular weight is 227 g/mol. The second-order valence-corrected chi connectivity index (χ2v) is 3.41. The van der Waals surface area contributed by atoms with Gasteiger partial charge in [-0.05, 0) is 18.6 Å². The predicted octanol–water partition coefficient (Wildman–Crippen LogP) is 1.89. The molecule has 0 radical (unpaired) electrons. The lowest BCUT2D eigenvalue weighted by atomic mass is 10.1. The molecule has 2 N–H and O–H groups in total. The van der Waals surface area contributed by atoms with Crippen molar-refractivity contribution < 1.29 is 9.62 Å². The van der Waals surface area contributed by atoms with Gasteiger partial charge in [0.15, 0.2) is 5.58 Å². The van der Waals surface area contributed by atoms with E-state index in [4.69, 9.17) is 21.2 Å². The van der Waals surface area contributed by atoms with E-state index < -0.39 is 5.76 Å². The summed E-state index contributed by atoms with van der Waals surface area (Å²) >= 11 is 6.01. The summed E-state index contributed by atoms with van der Waals surface area (Å²) in [6.07, 6.45) is 1.23. The van der Waals surface area contributed by atoms with Crippen LogP contribution in [0.5, 0.6) is 0 Å². The molecule has 5 nitrogen and oxygen atoms in total. The highest BCUT2D eigenvalue weighted by Gasteiger charge is 2.11. The zero-order chi connectivity index (χ0) is 11.0. The van der Waals surface area contributed by atoms with Gasteiger partial charge in [0.25, 0.3) is 0 Å². The highest BCUT2D eigenvalue weighted by atomic mass is 35.5. The minimum atomic E-state index is -0.565. The Balaban J connectivity index is 2.87. The molecular formula is C9H7ClN2O3. The summed E-state index contributed by atoms with van der Waals surface area (Å²) in [5, 5.41) is 11.7. The number of hydrogen-bond donors (Lipinski definition) is 2. The summed E-state index contributed by atoms with van der Waals surface area (Å²) in [6, 6.07) is 1.58. The molecule has 0 aliphatic heterocycles. The Morgan fingerprint density at radius 2 is 2.40 bits per heavy atom. The molecule has 0 amide bonds. The Bertz CT molecular complexity index is 597. The van der Waals surface area contributed by atoms with E-state index in [9.17, 15) is 4.79 Å². The van der Waals surface area contributed by atoms with Gasteiger partial charge in [-0.1, -0.05) is 16.8 Å². The summed E-state index contributed by atoms with van der Waals surface area (Å²) in [5.74, 6) is -0.565. The normalized spacial score (nSPS) is 11.6. The van der Waals surface area contributed by atoms with Crippen LogP contribution in [0.2, 0.25) is 5.02 Å². The van der Waals surface area contributed by atoms with Crippen molar-refractivity contribution in [2.45, 2.75) is 6.92 Å². The van der Waals surface area contributed by atoms with Crippen molar-refractivity contribution >= 4 is 28.9 Å². The van der Waals surface area contributed by atoms with Gasteiger partial charge in [-0.15, -0.1) is 0 Å². The quantitative estimate of drug-likeness (QED) is 0.443. The van der Waals surface area contributed by atoms with Gasteiger partial charge in [0.05, 0.1) is 11.2 Å². The molecule has 1 aromatic heterocycles. The number of fused-ring (bicyclic) bond motifs is 1. The van der Waals surface area contributed by atoms with Gasteiger partial charge in [-0.2, -0.15) is 0 Å². The van der Waals surface area contributed by atoms with Crippen molar-refractivity contribution in [1.82, 2.24) is 4.98 Å². The first kappa shape index (κ1) is 9.79. The van der Waals surface area contributed by atoms with Crippen molar-refractivity contribution in [2.24, 2.45) is 5.16 Å². The molecule has 0 saturated heterocycles. The van der Waals surface area contributed by atoms with Crippen LogP contribution >= 0.6 is 11.6 Å². The lowest BCUT2D eigenvalue weighted by Gasteiger charge is -2.01. The molecule has 0 spiro atoms. The van der Waals surface area contributed by atoms with E-state index >= 15 is 0 Å². The van der Waals surface area contributed by atoms with E-state index in [-0.39, 0.29) is 0 Å². The monoisotopic (exact) mass is 226 g/mol. The highest BCUT2D eigenvalue weighted by Crippen LogP contribution is 2.26. The van der Waals surface area contributed by atoms with Gasteiger partial charge in [-0.3, -0.25) is 4.98 Å². The number of aromatic nitrogens is 1. The Morgan fingerprint density at radius 3 is 3.07 bits per heavy atom. The largest absolute Gasteiger partial charge is 0.417 e. The minimum absolute atomic E-state index is 0.338. The number of rotatable bonds is 1. The van der Waals surface area contributed by atoms with Crippen LogP contribution in [-0.2, 0) is 0 Å². The van der Waals surface area contributed by atoms with Crippen LogP contribution < -0.4 is 5.76 Å². The summed E-state index contributed by atoms with van der Waals surface area (Å²) in [5.41, 5.74) is 2.09. The van der Waals surface area contributed by atoms with Crippen LogP contribution in [0.15, 0.2) is 20.4 Å². The summed E-state index contributed by atoms with van der Waals surface area (Å²) < 4.78 is 4.85. The molecule has 0 atom stereocenters. The molecule has 0 fully saturated rings. The Morgan fingerprint density at radius 1 is 1.67 bits per heavy atom. The molecule has 0 unspecified atom stereocenters. The van der Waals surface area contributed by atoms with E-state index in [0.717, 1.165) is 0 Å². The molecule has 1 heterocycles. The number of benzene rings is 1. The van der Waals surface area contributed by atoms with Crippen LogP contribution in [0.25, 0.3) is 11.1 Å². The average Bonchev–Trinajstić information content (AvgIpc) is 2.56. The Hall–Kier alpha value is -1.75. The lowest BCUT2D eigenvalue weighted by molar-refractivity contribution is 0.322. The fraction of sp³-hybridized carbons (Fsp3) is 0.111. The molecule has 2 rings (SSSR count). The topological polar surface area (TPSA) is 78.6 Å². The molecule has 0 saturated carbocycles. The zero-order valence-electron chi connectivity index (χ0n) is 7.74. The maximum atomic E-state index is 11.0. The van der Waals surface area contributed by atoms with Crippen LogP contribution in [-0.4, -0.2) is 16.4 Å². The number of hydrogen-bond acceptors (Lipinski definition) is 4. The van der Waals surface area contributed by atoms with Gasteiger partial charge in [0.1, 0.15) is 5.52 Å². The molecule has 1 aromatic carbocycles. The number of H-pyrrole nitrogens is 1. The van der Waals surface area contributed by atoms with Crippen molar-refractivity contribution in [3.63, 3.8) is 0 Å². The molecule has 2 aromatic rings. The SMILES string of the molecule is Cc1c(C=NO)cc2oc(=O)[nH]c2c1Cl. The molecule has 0 bridgehead atoms. The minimum Gasteiger partial charge on any atom is -0.411 e. The maximum Gasteiger partial charge on any atom is 0.417 e. The van der Waals surface area contributed by atoms with Gasteiger partial charge in [-0.25, -0.2) is 4.79 Å². The maximum absolute atomic E-state index is 11.0. The van der Waals surface area contributed by atoms with Crippen LogP contribution in [0.3, 0.4) is 0 Å². The predicted molar refractivity (Wildman–Crippen MR) is 56.0 cm³/mol.